The van der Waals surface area contributed by atoms with E-state index in [1.165, 1.54) is 11.8 Å². The molecule has 0 spiro atoms. The van der Waals surface area contributed by atoms with Crippen LogP contribution in [0.2, 0.25) is 5.02 Å². The van der Waals surface area contributed by atoms with Gasteiger partial charge in [-0.1, -0.05) is 23.4 Å². The summed E-state index contributed by atoms with van der Waals surface area (Å²) < 4.78 is 5.58. The minimum Gasteiger partial charge on any atom is -0.414 e. The molecule has 1 aromatic heterocycles. The number of carbonyl (C=O) groups excluding carboxylic acids is 1. The highest BCUT2D eigenvalue weighted by Crippen LogP contribution is 2.25. The van der Waals surface area contributed by atoms with E-state index in [0.717, 1.165) is 19.4 Å². The second kappa shape index (κ2) is 6.60. The summed E-state index contributed by atoms with van der Waals surface area (Å²) in [7, 11) is 0. The number of Topliss-reactive ketones (excluding diaryl/α,β-unsaturated/α-hetero) is 1. The summed E-state index contributed by atoms with van der Waals surface area (Å²) in [5.74, 6) is 0.880. The lowest BCUT2D eigenvalue weighted by atomic mass is 10.1. The Morgan fingerprint density at radius 3 is 2.90 bits per heavy atom. The number of carbonyl (C=O) groups is 1. The lowest BCUT2D eigenvalue weighted by Crippen LogP contribution is -2.12. The fourth-order valence-corrected chi connectivity index (χ4v) is 2.95. The van der Waals surface area contributed by atoms with E-state index in [9.17, 15) is 4.79 Å². The standard InChI is InChI=1S/C14H14ClN3O2S/c15-10-5-3-9(4-6-10)12(19)8-21-14-18-17-13(20-14)11-2-1-7-16-11/h3-6,11,16H,1-2,7-8H2/t11-/m1/s1. The van der Waals surface area contributed by atoms with Gasteiger partial charge in [0.1, 0.15) is 0 Å². The maximum absolute atomic E-state index is 12.0. The largest absolute Gasteiger partial charge is 0.414 e. The topological polar surface area (TPSA) is 68.0 Å². The van der Waals surface area contributed by atoms with Crippen LogP contribution < -0.4 is 5.32 Å². The first-order valence-electron chi connectivity index (χ1n) is 6.71. The van der Waals surface area contributed by atoms with Crippen molar-refractivity contribution in [2.75, 3.05) is 12.3 Å². The van der Waals surface area contributed by atoms with Gasteiger partial charge in [0, 0.05) is 10.6 Å². The molecule has 1 fully saturated rings. The molecule has 2 heterocycles. The van der Waals surface area contributed by atoms with Crippen molar-refractivity contribution >= 4 is 29.1 Å². The van der Waals surface area contributed by atoms with Crippen LogP contribution in [-0.2, 0) is 0 Å². The number of nitrogens with one attached hydrogen (secondary N) is 1. The van der Waals surface area contributed by atoms with Crippen LogP contribution >= 0.6 is 23.4 Å². The molecule has 0 bridgehead atoms. The van der Waals surface area contributed by atoms with E-state index in [1.54, 1.807) is 24.3 Å². The fraction of sp³-hybridized carbons (Fsp3) is 0.357. The molecule has 110 valence electrons. The Kier molecular flexibility index (Phi) is 4.57. The number of thioether (sulfide) groups is 1. The van der Waals surface area contributed by atoms with E-state index in [-0.39, 0.29) is 17.6 Å². The quantitative estimate of drug-likeness (QED) is 0.673. The van der Waals surface area contributed by atoms with Gasteiger partial charge in [-0.2, -0.15) is 0 Å². The van der Waals surface area contributed by atoms with Crippen molar-refractivity contribution in [3.05, 3.63) is 40.7 Å². The molecule has 0 unspecified atom stereocenters. The molecule has 1 aromatic carbocycles. The van der Waals surface area contributed by atoms with Crippen molar-refractivity contribution in [3.8, 4) is 0 Å². The van der Waals surface area contributed by atoms with Crippen molar-refractivity contribution < 1.29 is 9.21 Å². The molecule has 5 nitrogen and oxygen atoms in total. The van der Waals surface area contributed by atoms with E-state index in [0.29, 0.717) is 21.7 Å². The zero-order valence-electron chi connectivity index (χ0n) is 11.2. The van der Waals surface area contributed by atoms with Gasteiger partial charge in [0.2, 0.25) is 5.89 Å². The molecule has 21 heavy (non-hydrogen) atoms. The smallest absolute Gasteiger partial charge is 0.277 e. The van der Waals surface area contributed by atoms with Crippen molar-refractivity contribution in [1.82, 2.24) is 15.5 Å². The number of rotatable bonds is 5. The molecule has 1 aliphatic rings. The second-order valence-electron chi connectivity index (χ2n) is 4.77. The second-order valence-corrected chi connectivity index (χ2v) is 6.14. The van der Waals surface area contributed by atoms with Crippen LogP contribution in [0.25, 0.3) is 0 Å². The first-order valence-corrected chi connectivity index (χ1v) is 8.07. The van der Waals surface area contributed by atoms with Crippen molar-refractivity contribution in [2.45, 2.75) is 24.1 Å². The summed E-state index contributed by atoms with van der Waals surface area (Å²) >= 11 is 7.06. The third kappa shape index (κ3) is 3.64. The lowest BCUT2D eigenvalue weighted by molar-refractivity contribution is 0.102. The van der Waals surface area contributed by atoms with Gasteiger partial charge in [0.05, 0.1) is 11.8 Å². The zero-order valence-corrected chi connectivity index (χ0v) is 12.8. The van der Waals surface area contributed by atoms with Gasteiger partial charge in [0.25, 0.3) is 5.22 Å². The van der Waals surface area contributed by atoms with Gasteiger partial charge in [-0.3, -0.25) is 4.79 Å². The fourth-order valence-electron chi connectivity index (χ4n) is 2.16. The summed E-state index contributed by atoms with van der Waals surface area (Å²) in [5, 5.41) is 12.3. The van der Waals surface area contributed by atoms with Crippen LogP contribution in [0, 0.1) is 0 Å². The Morgan fingerprint density at radius 2 is 2.19 bits per heavy atom. The SMILES string of the molecule is O=C(CSc1nnc([C@H]2CCCN2)o1)c1ccc(Cl)cc1. The maximum atomic E-state index is 12.0. The molecule has 1 aliphatic heterocycles. The van der Waals surface area contributed by atoms with Crippen LogP contribution in [-0.4, -0.2) is 28.3 Å². The molecule has 3 rings (SSSR count). The predicted octanol–water partition coefficient (Wildman–Crippen LogP) is 3.12. The molecule has 1 atom stereocenters. The molecule has 0 aliphatic carbocycles. The molecular weight excluding hydrogens is 310 g/mol. The van der Waals surface area contributed by atoms with Crippen molar-refractivity contribution in [3.63, 3.8) is 0 Å². The number of hydrogen-bond donors (Lipinski definition) is 1. The van der Waals surface area contributed by atoms with E-state index in [2.05, 4.69) is 15.5 Å². The van der Waals surface area contributed by atoms with Gasteiger partial charge in [0.15, 0.2) is 5.78 Å². The predicted molar refractivity (Wildman–Crippen MR) is 80.8 cm³/mol. The Bertz CT molecular complexity index is 623. The molecule has 0 amide bonds. The van der Waals surface area contributed by atoms with Gasteiger partial charge in [-0.15, -0.1) is 10.2 Å². The highest BCUT2D eigenvalue weighted by atomic mass is 35.5. The number of nitrogens with zero attached hydrogens (tertiary/aromatic N) is 2. The van der Waals surface area contributed by atoms with E-state index >= 15 is 0 Å². The van der Waals surface area contributed by atoms with Crippen LogP contribution in [0.1, 0.15) is 35.1 Å². The normalized spacial score (nSPS) is 18.0. The average Bonchev–Trinajstić information content (AvgIpc) is 3.16. The van der Waals surface area contributed by atoms with Gasteiger partial charge in [-0.25, -0.2) is 0 Å². The van der Waals surface area contributed by atoms with Crippen molar-refractivity contribution in [1.29, 1.82) is 0 Å². The average molecular weight is 324 g/mol. The summed E-state index contributed by atoms with van der Waals surface area (Å²) in [5.41, 5.74) is 0.629. The third-order valence-electron chi connectivity index (χ3n) is 3.27. The summed E-state index contributed by atoms with van der Waals surface area (Å²) in [6.07, 6.45) is 2.13. The molecule has 0 radical (unpaired) electrons. The Morgan fingerprint density at radius 1 is 1.38 bits per heavy atom. The Labute approximate surface area is 131 Å². The van der Waals surface area contributed by atoms with E-state index in [4.69, 9.17) is 16.0 Å². The molecular formula is C14H14ClN3O2S. The van der Waals surface area contributed by atoms with E-state index < -0.39 is 0 Å². The highest BCUT2D eigenvalue weighted by molar-refractivity contribution is 7.99. The lowest BCUT2D eigenvalue weighted by Gasteiger charge is -2.02. The Hall–Kier alpha value is -1.37. The first-order chi connectivity index (χ1) is 10.2. The molecule has 1 N–H and O–H groups in total. The Balaban J connectivity index is 1.57. The summed E-state index contributed by atoms with van der Waals surface area (Å²) in [6.45, 7) is 0.977. The van der Waals surface area contributed by atoms with E-state index in [1.807, 2.05) is 0 Å². The van der Waals surface area contributed by atoms with Crippen LogP contribution in [0.15, 0.2) is 33.9 Å². The summed E-state index contributed by atoms with van der Waals surface area (Å²) in [4.78, 5) is 12.0. The number of ketones is 1. The maximum Gasteiger partial charge on any atom is 0.277 e. The molecule has 0 saturated carbocycles. The molecule has 1 saturated heterocycles. The number of aromatic nitrogens is 2. The first kappa shape index (κ1) is 14.6. The van der Waals surface area contributed by atoms with Gasteiger partial charge < -0.3 is 9.73 Å². The minimum atomic E-state index is 0.00964. The monoisotopic (exact) mass is 323 g/mol. The molecule has 2 aromatic rings. The van der Waals surface area contributed by atoms with Gasteiger partial charge >= 0.3 is 0 Å². The van der Waals surface area contributed by atoms with Crippen molar-refractivity contribution in [2.24, 2.45) is 0 Å². The van der Waals surface area contributed by atoms with Crippen LogP contribution in [0.4, 0.5) is 0 Å². The zero-order chi connectivity index (χ0) is 14.7. The number of benzene rings is 1. The summed E-state index contributed by atoms with van der Waals surface area (Å²) in [6, 6.07) is 6.99. The van der Waals surface area contributed by atoms with Crippen LogP contribution in [0.5, 0.6) is 0 Å². The number of hydrogen-bond acceptors (Lipinski definition) is 6. The van der Waals surface area contributed by atoms with Crippen LogP contribution in [0.3, 0.4) is 0 Å². The van der Waals surface area contributed by atoms with Gasteiger partial charge in [-0.05, 0) is 43.7 Å². The third-order valence-corrected chi connectivity index (χ3v) is 4.34. The minimum absolute atomic E-state index is 0.00964. The number of halogens is 1. The molecule has 7 heteroatoms. The highest BCUT2D eigenvalue weighted by Gasteiger charge is 2.22.